The molecule has 0 bridgehead atoms. The van der Waals surface area contributed by atoms with Crippen LogP contribution in [0.15, 0.2) is 0 Å². The number of esters is 2. The van der Waals surface area contributed by atoms with Crippen molar-refractivity contribution in [1.29, 1.82) is 0 Å². The number of rotatable bonds is 3. The second kappa shape index (κ2) is 3.97. The lowest BCUT2D eigenvalue weighted by Gasteiger charge is -2.32. The van der Waals surface area contributed by atoms with Crippen molar-refractivity contribution in [2.45, 2.75) is 11.0 Å². The molecule has 0 saturated carbocycles. The second-order valence-corrected chi connectivity index (χ2v) is 4.49. The van der Waals surface area contributed by atoms with E-state index in [0.29, 0.717) is 0 Å². The van der Waals surface area contributed by atoms with Gasteiger partial charge in [-0.1, -0.05) is 0 Å². The Kier molecular flexibility index (Phi) is 3.19. The Labute approximate surface area is 89.3 Å². The van der Waals surface area contributed by atoms with Crippen molar-refractivity contribution < 1.29 is 42.2 Å². The molecule has 0 amide bonds. The second-order valence-electron chi connectivity index (χ2n) is 2.88. The molecule has 1 aliphatic rings. The molecule has 16 heavy (non-hydrogen) atoms. The van der Waals surface area contributed by atoms with Crippen LogP contribution in [0.2, 0.25) is 0 Å². The van der Waals surface area contributed by atoms with Crippen LogP contribution >= 0.6 is 0 Å². The molecule has 2 atom stereocenters. The summed E-state index contributed by atoms with van der Waals surface area (Å²) in [6, 6.07) is 0. The van der Waals surface area contributed by atoms with E-state index in [0.717, 1.165) is 0 Å². The monoisotopic (exact) mass is 256 g/mol. The van der Waals surface area contributed by atoms with Crippen LogP contribution < -0.4 is 0 Å². The van der Waals surface area contributed by atoms with Crippen LogP contribution in [0.5, 0.6) is 0 Å². The molecule has 1 fully saturated rings. The molecule has 0 aliphatic carbocycles. The van der Waals surface area contributed by atoms with Gasteiger partial charge in [0.15, 0.2) is 0 Å². The molecule has 2 unspecified atom stereocenters. The molecule has 1 aliphatic heterocycles. The first-order valence-corrected chi connectivity index (χ1v) is 5.35. The van der Waals surface area contributed by atoms with E-state index < -0.39 is 46.3 Å². The highest BCUT2D eigenvalue weighted by molar-refractivity contribution is 7.88. The number of hydrogen-bond donors (Lipinski definition) is 3. The predicted octanol–water partition coefficient (Wildman–Crippen LogP) is -2.98. The molecule has 1 rings (SSSR count). The number of carbonyl (C=O) groups excluding carboxylic acids is 2. The van der Waals surface area contributed by atoms with Crippen LogP contribution in [0, 0.1) is 0 Å². The highest BCUT2D eigenvalue weighted by Crippen LogP contribution is 2.26. The van der Waals surface area contributed by atoms with Gasteiger partial charge in [-0.05, 0) is 0 Å². The molecule has 0 radical (unpaired) electrons. The number of aliphatic hydroxyl groups is 2. The summed E-state index contributed by atoms with van der Waals surface area (Å²) in [7, 11) is -5.20. The zero-order valence-electron chi connectivity index (χ0n) is 7.69. The Morgan fingerprint density at radius 1 is 1.31 bits per heavy atom. The summed E-state index contributed by atoms with van der Waals surface area (Å²) in [5.41, 5.74) is 0. The summed E-state index contributed by atoms with van der Waals surface area (Å²) in [4.78, 5) is 19.1. The summed E-state index contributed by atoms with van der Waals surface area (Å²) in [5.74, 6) is -3.05. The average molecular weight is 256 g/mol. The van der Waals surface area contributed by atoms with Gasteiger partial charge in [0.2, 0.25) is 6.10 Å². The third kappa shape index (κ3) is 1.75. The lowest BCUT2D eigenvalue weighted by atomic mass is 10.3. The summed E-state index contributed by atoms with van der Waals surface area (Å²) in [6.07, 6.45) is -1.67. The largest absolute Gasteiger partial charge is 0.444 e. The number of cyclic esters (lactones) is 2. The third-order valence-corrected chi connectivity index (χ3v) is 3.09. The molecule has 9 nitrogen and oxygen atoms in total. The average Bonchev–Trinajstić information content (AvgIpc) is 2.19. The van der Waals surface area contributed by atoms with Crippen LogP contribution in [-0.4, -0.2) is 59.4 Å². The molecular formula is C6H8O9S. The van der Waals surface area contributed by atoms with Gasteiger partial charge in [0.1, 0.15) is 6.61 Å². The summed E-state index contributed by atoms with van der Waals surface area (Å²) >= 11 is 0. The van der Waals surface area contributed by atoms with Crippen molar-refractivity contribution in [2.24, 2.45) is 0 Å². The lowest BCUT2D eigenvalue weighted by Crippen LogP contribution is -2.60. The zero-order valence-corrected chi connectivity index (χ0v) is 8.51. The summed E-state index contributed by atoms with van der Waals surface area (Å²) in [6.45, 7) is -2.40. The SMILES string of the molecule is O=C1OC(CO)(S(=O)(=O)O)C(=O)OC1CO. The molecule has 0 spiro atoms. The number of carbonyl (C=O) groups is 2. The molecule has 0 aromatic heterocycles. The molecule has 0 aromatic rings. The van der Waals surface area contributed by atoms with Crippen LogP contribution in [-0.2, 0) is 29.2 Å². The Bertz CT molecular complexity index is 412. The van der Waals surface area contributed by atoms with E-state index in [9.17, 15) is 18.0 Å². The molecule has 1 saturated heterocycles. The summed E-state index contributed by atoms with van der Waals surface area (Å²) < 4.78 is 38.8. The highest BCUT2D eigenvalue weighted by Gasteiger charge is 2.60. The van der Waals surface area contributed by atoms with Crippen molar-refractivity contribution in [3.8, 4) is 0 Å². The van der Waals surface area contributed by atoms with Gasteiger partial charge in [-0.15, -0.1) is 0 Å². The van der Waals surface area contributed by atoms with Crippen molar-refractivity contribution in [3.05, 3.63) is 0 Å². The Morgan fingerprint density at radius 2 is 1.88 bits per heavy atom. The van der Waals surface area contributed by atoms with E-state index in [4.69, 9.17) is 14.8 Å². The third-order valence-electron chi connectivity index (χ3n) is 1.88. The van der Waals surface area contributed by atoms with Crippen molar-refractivity contribution in [3.63, 3.8) is 0 Å². The van der Waals surface area contributed by atoms with Crippen molar-refractivity contribution in [2.75, 3.05) is 13.2 Å². The zero-order chi connectivity index (χ0) is 12.6. The maximum absolute atomic E-state index is 11.2. The number of ether oxygens (including phenoxy) is 2. The quantitative estimate of drug-likeness (QED) is 0.355. The Hall–Kier alpha value is -1.23. The van der Waals surface area contributed by atoms with E-state index in [1.807, 2.05) is 0 Å². The molecule has 0 aromatic carbocycles. The fourth-order valence-electron chi connectivity index (χ4n) is 0.985. The molecule has 92 valence electrons. The molecule has 10 heteroatoms. The van der Waals surface area contributed by atoms with Crippen molar-refractivity contribution >= 4 is 22.1 Å². The minimum Gasteiger partial charge on any atom is -0.444 e. The van der Waals surface area contributed by atoms with Gasteiger partial charge < -0.3 is 19.7 Å². The van der Waals surface area contributed by atoms with E-state index in [1.165, 1.54) is 0 Å². The van der Waals surface area contributed by atoms with E-state index in [1.54, 1.807) is 0 Å². The van der Waals surface area contributed by atoms with Crippen LogP contribution in [0.4, 0.5) is 0 Å². The minimum atomic E-state index is -5.20. The maximum atomic E-state index is 11.2. The fourth-order valence-corrected chi connectivity index (χ4v) is 1.59. The molecule has 3 N–H and O–H groups in total. The number of aliphatic hydroxyl groups excluding tert-OH is 2. The van der Waals surface area contributed by atoms with Gasteiger partial charge in [0.25, 0.3) is 0 Å². The fraction of sp³-hybridized carbons (Fsp3) is 0.667. The Balaban J connectivity index is 3.17. The van der Waals surface area contributed by atoms with Gasteiger partial charge >= 0.3 is 27.0 Å². The molecule has 1 heterocycles. The predicted molar refractivity (Wildman–Crippen MR) is 44.4 cm³/mol. The van der Waals surface area contributed by atoms with Crippen LogP contribution in [0.1, 0.15) is 0 Å². The smallest absolute Gasteiger partial charge is 0.372 e. The molecular weight excluding hydrogens is 248 g/mol. The van der Waals surface area contributed by atoms with E-state index >= 15 is 0 Å². The number of hydrogen-bond acceptors (Lipinski definition) is 8. The van der Waals surface area contributed by atoms with Gasteiger partial charge in [0.05, 0.1) is 6.61 Å². The maximum Gasteiger partial charge on any atom is 0.372 e. The van der Waals surface area contributed by atoms with Gasteiger partial charge in [0, 0.05) is 0 Å². The Morgan fingerprint density at radius 3 is 2.25 bits per heavy atom. The van der Waals surface area contributed by atoms with Gasteiger partial charge in [-0.25, -0.2) is 9.59 Å². The van der Waals surface area contributed by atoms with Crippen LogP contribution in [0.25, 0.3) is 0 Å². The first-order chi connectivity index (χ1) is 7.28. The normalized spacial score (nSPS) is 30.8. The standard InChI is InChI=1S/C6H8O9S/c7-1-3-4(9)15-6(2-8,5(10)14-3)16(11,12)13/h3,7-8H,1-2H2,(H,11,12,13). The lowest BCUT2D eigenvalue weighted by molar-refractivity contribution is -0.206. The first kappa shape index (κ1) is 12.8. The van der Waals surface area contributed by atoms with Crippen LogP contribution in [0.3, 0.4) is 0 Å². The minimum absolute atomic E-state index is 0.905. The van der Waals surface area contributed by atoms with E-state index in [2.05, 4.69) is 9.47 Å². The van der Waals surface area contributed by atoms with E-state index in [-0.39, 0.29) is 0 Å². The highest BCUT2D eigenvalue weighted by atomic mass is 32.2. The van der Waals surface area contributed by atoms with Gasteiger partial charge in [-0.2, -0.15) is 8.42 Å². The summed E-state index contributed by atoms with van der Waals surface area (Å²) in [5, 5.41) is 17.3. The van der Waals surface area contributed by atoms with Crippen molar-refractivity contribution in [1.82, 2.24) is 0 Å². The first-order valence-electron chi connectivity index (χ1n) is 3.91. The van der Waals surface area contributed by atoms with Gasteiger partial charge in [-0.3, -0.25) is 4.55 Å². The topological polar surface area (TPSA) is 147 Å².